The van der Waals surface area contributed by atoms with Crippen LogP contribution < -0.4 is 0 Å². The molecule has 0 N–H and O–H groups in total. The molecule has 0 aromatic heterocycles. The number of hydrogen-bond donors (Lipinski definition) is 0. The first kappa shape index (κ1) is 18.3. The van der Waals surface area contributed by atoms with Gasteiger partial charge in [0.1, 0.15) is 0 Å². The molecule has 0 amide bonds. The van der Waals surface area contributed by atoms with Crippen molar-refractivity contribution in [2.75, 3.05) is 31.9 Å². The van der Waals surface area contributed by atoms with Gasteiger partial charge in [-0.05, 0) is 33.1 Å². The maximum absolute atomic E-state index is 2.27. The fraction of sp³-hybridized carbons (Fsp3) is 0.818. The van der Waals surface area contributed by atoms with Crippen molar-refractivity contribution in [2.24, 2.45) is 0 Å². The van der Waals surface area contributed by atoms with Gasteiger partial charge in [-0.15, -0.1) is 0 Å². The van der Waals surface area contributed by atoms with Crippen molar-refractivity contribution >= 4 is 21.6 Å². The van der Waals surface area contributed by atoms with Crippen LogP contribution in [0, 0.1) is 0 Å². The van der Waals surface area contributed by atoms with Crippen molar-refractivity contribution in [3.63, 3.8) is 0 Å². The van der Waals surface area contributed by atoms with E-state index in [-0.39, 0.29) is 16.5 Å². The van der Waals surface area contributed by atoms with Crippen LogP contribution in [0.4, 0.5) is 0 Å². The van der Waals surface area contributed by atoms with Crippen molar-refractivity contribution in [3.05, 3.63) is 11.5 Å². The van der Waals surface area contributed by atoms with Gasteiger partial charge in [-0.25, -0.2) is 0 Å². The van der Waals surface area contributed by atoms with E-state index in [1.54, 1.807) is 0 Å². The first-order valence-corrected chi connectivity index (χ1v) is 7.91. The van der Waals surface area contributed by atoms with Crippen LogP contribution in [-0.2, 0) is 16.5 Å². The predicted octanol–water partition coefficient (Wildman–Crippen LogP) is 3.78. The minimum atomic E-state index is 0. The molecule has 0 aromatic rings. The van der Waals surface area contributed by atoms with Crippen LogP contribution >= 0.6 is 21.6 Å². The van der Waals surface area contributed by atoms with E-state index in [1.807, 2.05) is 21.6 Å². The average molecular weight is 293 g/mol. The molecule has 0 spiro atoms. The zero-order valence-corrected chi connectivity index (χ0v) is 12.9. The summed E-state index contributed by atoms with van der Waals surface area (Å²) in [5.41, 5.74) is 0. The summed E-state index contributed by atoms with van der Waals surface area (Å²) >= 11 is 0. The molecule has 0 atom stereocenters. The summed E-state index contributed by atoms with van der Waals surface area (Å²) in [5.74, 6) is 1.20. The van der Waals surface area contributed by atoms with Crippen LogP contribution in [-0.4, -0.2) is 36.4 Å². The summed E-state index contributed by atoms with van der Waals surface area (Å²) in [6.07, 6.45) is 2.16. The molecule has 1 rings (SSSR count). The molecule has 0 aromatic carbocycles. The zero-order chi connectivity index (χ0) is 10.9. The summed E-state index contributed by atoms with van der Waals surface area (Å²) in [4.78, 5) is 0. The second-order valence-electron chi connectivity index (χ2n) is 3.36. The summed E-state index contributed by atoms with van der Waals surface area (Å²) in [5, 5.41) is 2.12. The third-order valence-corrected chi connectivity index (χ3v) is 4.99. The first-order chi connectivity index (χ1) is 6.74. The van der Waals surface area contributed by atoms with Crippen molar-refractivity contribution in [1.82, 2.24) is 0 Å². The summed E-state index contributed by atoms with van der Waals surface area (Å²) < 4.78 is 1.28. The zero-order valence-electron chi connectivity index (χ0n) is 10.3. The van der Waals surface area contributed by atoms with Crippen LogP contribution in [0.5, 0.6) is 0 Å². The minimum absolute atomic E-state index is 0. The molecule has 0 unspecified atom stereocenters. The van der Waals surface area contributed by atoms with E-state index >= 15 is 0 Å². The molecule has 1 nitrogen and oxygen atoms in total. The molecule has 0 bridgehead atoms. The molecule has 0 saturated carbocycles. The van der Waals surface area contributed by atoms with Crippen molar-refractivity contribution in [1.29, 1.82) is 0 Å². The Morgan fingerprint density at radius 2 is 1.47 bits per heavy atom. The maximum atomic E-state index is 2.27. The van der Waals surface area contributed by atoms with Gasteiger partial charge in [0, 0.05) is 5.75 Å². The van der Waals surface area contributed by atoms with E-state index in [2.05, 4.69) is 39.2 Å². The second kappa shape index (κ2) is 11.4. The summed E-state index contributed by atoms with van der Waals surface area (Å²) in [7, 11) is 3.69. The van der Waals surface area contributed by atoms with E-state index in [1.165, 1.54) is 36.4 Å². The summed E-state index contributed by atoms with van der Waals surface area (Å²) in [6, 6.07) is 0. The van der Waals surface area contributed by atoms with Crippen molar-refractivity contribution in [3.8, 4) is 0 Å². The molecule has 15 heavy (non-hydrogen) atoms. The van der Waals surface area contributed by atoms with Crippen LogP contribution in [0.2, 0.25) is 0 Å². The van der Waals surface area contributed by atoms with E-state index in [4.69, 9.17) is 0 Å². The van der Waals surface area contributed by atoms with Crippen LogP contribution in [0.25, 0.3) is 0 Å². The topological polar surface area (TPSA) is 0 Å². The van der Waals surface area contributed by atoms with Gasteiger partial charge in [0.05, 0.1) is 26.2 Å². The van der Waals surface area contributed by atoms with Gasteiger partial charge in [0.2, 0.25) is 0 Å². The molecule has 92 valence electrons. The van der Waals surface area contributed by atoms with E-state index in [9.17, 15) is 0 Å². The Kier molecular flexibility index (Phi) is 13.9. The number of hydrogen-bond acceptors (Lipinski definition) is 2. The number of rotatable bonds is 4. The van der Waals surface area contributed by atoms with Gasteiger partial charge in [0.15, 0.2) is 0 Å². The van der Waals surface area contributed by atoms with Gasteiger partial charge in [0.25, 0.3) is 0 Å². The normalized spacial score (nSPS) is 14.1. The fourth-order valence-electron chi connectivity index (χ4n) is 1.54. The van der Waals surface area contributed by atoms with E-state index in [0.29, 0.717) is 0 Å². The van der Waals surface area contributed by atoms with Crippen LogP contribution in [0.3, 0.4) is 0 Å². The smallest absolute Gasteiger partial charge is 0.325 e. The predicted molar refractivity (Wildman–Crippen MR) is 71.6 cm³/mol. The minimum Gasteiger partial charge on any atom is -0.325 e. The Morgan fingerprint density at radius 3 is 1.53 bits per heavy atom. The third-order valence-electron chi connectivity index (χ3n) is 3.07. The third kappa shape index (κ3) is 7.73. The Balaban J connectivity index is 0. The molecule has 1 aliphatic heterocycles. The Hall–Kier alpha value is 0.894. The molecule has 1 aliphatic rings. The van der Waals surface area contributed by atoms with E-state index < -0.39 is 0 Å². The van der Waals surface area contributed by atoms with Gasteiger partial charge in [-0.1, -0.05) is 27.7 Å². The van der Waals surface area contributed by atoms with Gasteiger partial charge in [-0.3, -0.25) is 0 Å². The van der Waals surface area contributed by atoms with E-state index in [0.717, 1.165) is 0 Å². The molecule has 0 radical (unpaired) electrons. The molecule has 0 fully saturated rings. The standard InChI is InChI=1S/C8H20N.C3H4S2.Ni/c1-5-9(6-2,7-3)8-4;1-2-4-5-3-1;/h5-8H2,1-4H3;1-2H,3H2;/q+1;;+2. The Bertz CT molecular complexity index is 135. The van der Waals surface area contributed by atoms with Crippen LogP contribution in [0.1, 0.15) is 27.7 Å². The van der Waals surface area contributed by atoms with Gasteiger partial charge in [-0.2, -0.15) is 0 Å². The SMILES string of the molecule is C1=CSSC1.CC[N+](CC)(CC)CC.[Ni+2]. The average Bonchev–Trinajstić information content (AvgIpc) is 2.80. The molecule has 1 heterocycles. The molecule has 0 aliphatic carbocycles. The molecular formula is C11H24NNiS2+3. The van der Waals surface area contributed by atoms with Crippen LogP contribution in [0.15, 0.2) is 11.5 Å². The molecule has 4 heteroatoms. The molecule has 0 saturated heterocycles. The quantitative estimate of drug-likeness (QED) is 0.439. The number of quaternary nitrogens is 1. The first-order valence-electron chi connectivity index (χ1n) is 5.53. The monoisotopic (exact) mass is 292 g/mol. The maximum Gasteiger partial charge on any atom is 2.00 e. The Labute approximate surface area is 113 Å². The van der Waals surface area contributed by atoms with Gasteiger partial charge < -0.3 is 4.48 Å². The molecular weight excluding hydrogens is 269 g/mol. The largest absolute Gasteiger partial charge is 2.00 e. The van der Waals surface area contributed by atoms with Gasteiger partial charge >= 0.3 is 16.5 Å². The second-order valence-corrected chi connectivity index (χ2v) is 5.68. The van der Waals surface area contributed by atoms with Crippen molar-refractivity contribution in [2.45, 2.75) is 27.7 Å². The number of nitrogens with zero attached hydrogens (tertiary/aromatic N) is 1. The van der Waals surface area contributed by atoms with Crippen molar-refractivity contribution < 1.29 is 21.0 Å². The fourth-order valence-corrected chi connectivity index (χ4v) is 3.11. The summed E-state index contributed by atoms with van der Waals surface area (Å²) in [6.45, 7) is 14.2. The Morgan fingerprint density at radius 1 is 1.00 bits per heavy atom.